The number of sulfonamides is 1. The zero-order chi connectivity index (χ0) is 12.9. The van der Waals surface area contributed by atoms with E-state index in [1.54, 1.807) is 12.1 Å². The number of nitrogens with zero attached hydrogens (tertiary/aromatic N) is 2. The Balaban J connectivity index is 2.16. The van der Waals surface area contributed by atoms with Gasteiger partial charge in [0.1, 0.15) is 10.7 Å². The molecule has 2 N–H and O–H groups in total. The monoisotopic (exact) mass is 329 g/mol. The first-order valence-electron chi connectivity index (χ1n) is 5.68. The molecular weight excluding hydrogens is 318 g/mol. The topological polar surface area (TPSA) is 75.8 Å². The average molecular weight is 330 g/mol. The summed E-state index contributed by atoms with van der Waals surface area (Å²) in [6.07, 6.45) is 3.01. The van der Waals surface area contributed by atoms with E-state index in [4.69, 9.17) is 5.84 Å². The van der Waals surface area contributed by atoms with Crippen molar-refractivity contribution in [2.75, 3.05) is 5.01 Å². The highest BCUT2D eigenvalue weighted by atomic mass is 79.9. The van der Waals surface area contributed by atoms with Crippen LogP contribution in [0.4, 0.5) is 5.69 Å². The predicted molar refractivity (Wildman–Crippen MR) is 72.8 cm³/mol. The number of hydrazine groups is 1. The summed E-state index contributed by atoms with van der Waals surface area (Å²) in [5, 5.41) is 1.41. The highest BCUT2D eigenvalue weighted by Crippen LogP contribution is 2.37. The van der Waals surface area contributed by atoms with Crippen LogP contribution in [0.15, 0.2) is 32.0 Å². The minimum atomic E-state index is -3.63. The Hall–Kier alpha value is -0.920. The van der Waals surface area contributed by atoms with Crippen LogP contribution >= 0.6 is 15.9 Å². The second-order valence-corrected chi connectivity index (χ2v) is 7.02. The fourth-order valence-corrected chi connectivity index (χ4v) is 3.97. The van der Waals surface area contributed by atoms with Gasteiger partial charge in [-0.2, -0.15) is 8.42 Å². The number of rotatable bonds is 1. The van der Waals surface area contributed by atoms with Gasteiger partial charge in [0, 0.05) is 10.4 Å². The van der Waals surface area contributed by atoms with Gasteiger partial charge in [-0.05, 0) is 31.0 Å². The van der Waals surface area contributed by atoms with Crippen LogP contribution in [0.5, 0.6) is 0 Å². The number of halogens is 1. The molecule has 0 amide bonds. The van der Waals surface area contributed by atoms with E-state index in [9.17, 15) is 8.42 Å². The lowest BCUT2D eigenvalue weighted by Crippen LogP contribution is -2.46. The van der Waals surface area contributed by atoms with Gasteiger partial charge in [-0.1, -0.05) is 22.4 Å². The number of fused-ring (bicyclic) bond motifs is 1. The van der Waals surface area contributed by atoms with Crippen LogP contribution in [0.1, 0.15) is 19.3 Å². The van der Waals surface area contributed by atoms with Crippen molar-refractivity contribution in [3.8, 4) is 0 Å². The molecule has 0 saturated heterocycles. The summed E-state index contributed by atoms with van der Waals surface area (Å²) in [5.74, 6) is 6.63. The van der Waals surface area contributed by atoms with Gasteiger partial charge in [0.25, 0.3) is 10.0 Å². The lowest BCUT2D eigenvalue weighted by molar-refractivity contribution is 0.408. The van der Waals surface area contributed by atoms with E-state index in [0.717, 1.165) is 19.3 Å². The van der Waals surface area contributed by atoms with Crippen molar-refractivity contribution < 1.29 is 8.42 Å². The molecule has 1 aromatic carbocycles. The summed E-state index contributed by atoms with van der Waals surface area (Å²) in [6.45, 7) is 0. The fourth-order valence-electron chi connectivity index (χ4n) is 2.17. The van der Waals surface area contributed by atoms with Crippen LogP contribution in [0, 0.1) is 5.92 Å². The van der Waals surface area contributed by atoms with Gasteiger partial charge in [0.15, 0.2) is 0 Å². The fraction of sp³-hybridized carbons (Fsp3) is 0.364. The normalized spacial score (nSPS) is 22.1. The number of hydrogen-bond donors (Lipinski definition) is 1. The van der Waals surface area contributed by atoms with Crippen molar-refractivity contribution in [2.45, 2.75) is 24.2 Å². The first kappa shape index (κ1) is 12.1. The van der Waals surface area contributed by atoms with Crippen LogP contribution in [-0.4, -0.2) is 14.3 Å². The highest BCUT2D eigenvalue weighted by molar-refractivity contribution is 9.10. The molecule has 1 aliphatic carbocycles. The Kier molecular flexibility index (Phi) is 2.72. The van der Waals surface area contributed by atoms with E-state index < -0.39 is 10.0 Å². The van der Waals surface area contributed by atoms with Gasteiger partial charge in [0.2, 0.25) is 0 Å². The number of hydrogen-bond acceptors (Lipinski definition) is 4. The molecule has 1 fully saturated rings. The lowest BCUT2D eigenvalue weighted by Gasteiger charge is -2.35. The quantitative estimate of drug-likeness (QED) is 0.800. The minimum Gasteiger partial charge on any atom is -0.264 e. The molecule has 1 heterocycles. The Morgan fingerprint density at radius 2 is 2.11 bits per heavy atom. The number of anilines is 1. The van der Waals surface area contributed by atoms with Crippen LogP contribution in [-0.2, 0) is 10.0 Å². The number of benzene rings is 1. The lowest BCUT2D eigenvalue weighted by atomic mass is 9.84. The zero-order valence-electron chi connectivity index (χ0n) is 9.51. The standard InChI is InChI=1S/C11H12BrN3O2S/c12-8-4-5-9-10(6-8)18(16,17)14-11(15(9)13)7-2-1-3-7/h4-7H,1-3,13H2. The van der Waals surface area contributed by atoms with E-state index >= 15 is 0 Å². The SMILES string of the molecule is NN1C(C2CCC2)=NS(=O)(=O)c2cc(Br)ccc21. The maximum Gasteiger partial charge on any atom is 0.286 e. The summed E-state index contributed by atoms with van der Waals surface area (Å²) in [6, 6.07) is 5.01. The highest BCUT2D eigenvalue weighted by Gasteiger charge is 2.35. The molecule has 0 aromatic heterocycles. The Labute approximate surface area is 114 Å². The second-order valence-electron chi connectivity index (χ2n) is 4.53. The summed E-state index contributed by atoms with van der Waals surface area (Å²) in [5.41, 5.74) is 0.495. The van der Waals surface area contributed by atoms with E-state index in [1.807, 2.05) is 0 Å². The van der Waals surface area contributed by atoms with E-state index in [0.29, 0.717) is 16.0 Å². The largest absolute Gasteiger partial charge is 0.286 e. The van der Waals surface area contributed by atoms with Gasteiger partial charge in [-0.25, -0.2) is 5.84 Å². The Bertz CT molecular complexity index is 638. The molecule has 1 aliphatic heterocycles. The van der Waals surface area contributed by atoms with Gasteiger partial charge < -0.3 is 0 Å². The van der Waals surface area contributed by atoms with Crippen molar-refractivity contribution in [3.63, 3.8) is 0 Å². The third-order valence-corrected chi connectivity index (χ3v) is 5.19. The molecule has 1 saturated carbocycles. The van der Waals surface area contributed by atoms with Crippen LogP contribution in [0.25, 0.3) is 0 Å². The Morgan fingerprint density at radius 3 is 2.72 bits per heavy atom. The van der Waals surface area contributed by atoms with E-state index in [1.165, 1.54) is 11.1 Å². The smallest absolute Gasteiger partial charge is 0.264 e. The van der Waals surface area contributed by atoms with Crippen LogP contribution in [0.2, 0.25) is 0 Å². The molecule has 5 nitrogen and oxygen atoms in total. The predicted octanol–water partition coefficient (Wildman–Crippen LogP) is 2.03. The summed E-state index contributed by atoms with van der Waals surface area (Å²) < 4.78 is 28.8. The third kappa shape index (κ3) is 1.77. The maximum absolute atomic E-state index is 12.1. The first-order valence-corrected chi connectivity index (χ1v) is 7.91. The molecule has 0 spiro atoms. The van der Waals surface area contributed by atoms with Crippen LogP contribution < -0.4 is 10.9 Å². The molecule has 3 rings (SSSR count). The zero-order valence-corrected chi connectivity index (χ0v) is 11.9. The molecule has 0 atom stereocenters. The van der Waals surface area contributed by atoms with Gasteiger partial charge in [-0.15, -0.1) is 4.40 Å². The van der Waals surface area contributed by atoms with Crippen molar-refractivity contribution in [1.29, 1.82) is 0 Å². The maximum atomic E-state index is 12.1. The summed E-state index contributed by atoms with van der Waals surface area (Å²) in [7, 11) is -3.63. The first-order chi connectivity index (χ1) is 8.49. The van der Waals surface area contributed by atoms with Gasteiger partial charge >= 0.3 is 0 Å². The number of nitrogens with two attached hydrogens (primary N) is 1. The molecule has 2 aliphatic rings. The van der Waals surface area contributed by atoms with Crippen molar-refractivity contribution >= 4 is 37.5 Å². The minimum absolute atomic E-state index is 0.155. The van der Waals surface area contributed by atoms with E-state index in [-0.39, 0.29) is 10.8 Å². The molecule has 0 unspecified atom stereocenters. The molecule has 0 bridgehead atoms. The van der Waals surface area contributed by atoms with Gasteiger partial charge in [-0.3, -0.25) is 5.01 Å². The van der Waals surface area contributed by atoms with Crippen molar-refractivity contribution in [2.24, 2.45) is 16.2 Å². The van der Waals surface area contributed by atoms with E-state index in [2.05, 4.69) is 20.3 Å². The third-order valence-electron chi connectivity index (χ3n) is 3.39. The molecule has 18 heavy (non-hydrogen) atoms. The average Bonchev–Trinajstić information content (AvgIpc) is 2.23. The van der Waals surface area contributed by atoms with Crippen molar-refractivity contribution in [3.05, 3.63) is 22.7 Å². The summed E-state index contributed by atoms with van der Waals surface area (Å²) in [4.78, 5) is 0.155. The number of amidine groups is 1. The second kappa shape index (κ2) is 4.04. The molecular formula is C11H12BrN3O2S. The van der Waals surface area contributed by atoms with Gasteiger partial charge in [0.05, 0.1) is 5.69 Å². The molecule has 7 heteroatoms. The van der Waals surface area contributed by atoms with Crippen molar-refractivity contribution in [1.82, 2.24) is 0 Å². The Morgan fingerprint density at radius 1 is 1.39 bits per heavy atom. The molecule has 96 valence electrons. The summed E-state index contributed by atoms with van der Waals surface area (Å²) >= 11 is 3.26. The molecule has 0 radical (unpaired) electrons. The molecule has 1 aromatic rings. The van der Waals surface area contributed by atoms with Crippen LogP contribution in [0.3, 0.4) is 0 Å².